The van der Waals surface area contributed by atoms with Crippen LogP contribution in [0.5, 0.6) is 0 Å². The van der Waals surface area contributed by atoms with Gasteiger partial charge in [-0.05, 0) is 47.9 Å². The number of nitrogens with zero attached hydrogens (tertiary/aromatic N) is 2. The van der Waals surface area contributed by atoms with E-state index in [4.69, 9.17) is 5.26 Å². The summed E-state index contributed by atoms with van der Waals surface area (Å²) >= 11 is 0. The van der Waals surface area contributed by atoms with Crippen LogP contribution in [0.4, 0.5) is 5.69 Å². The third-order valence-corrected chi connectivity index (χ3v) is 4.39. The fourth-order valence-corrected chi connectivity index (χ4v) is 3.00. The molecule has 0 radical (unpaired) electrons. The molecule has 2 amide bonds. The lowest BCUT2D eigenvalue weighted by Gasteiger charge is -2.29. The number of carbonyl (C=O) groups excluding carboxylic acids is 2. The summed E-state index contributed by atoms with van der Waals surface area (Å²) in [6, 6.07) is 14.4. The van der Waals surface area contributed by atoms with Crippen LogP contribution in [0.15, 0.2) is 42.5 Å². The highest BCUT2D eigenvalue weighted by Gasteiger charge is 2.20. The van der Waals surface area contributed by atoms with Gasteiger partial charge < -0.3 is 10.2 Å². The van der Waals surface area contributed by atoms with Crippen molar-refractivity contribution >= 4 is 17.5 Å². The van der Waals surface area contributed by atoms with E-state index in [-0.39, 0.29) is 11.8 Å². The van der Waals surface area contributed by atoms with Gasteiger partial charge in [-0.2, -0.15) is 5.26 Å². The van der Waals surface area contributed by atoms with Gasteiger partial charge in [0.1, 0.15) is 0 Å². The van der Waals surface area contributed by atoms with Crippen LogP contribution < -0.4 is 5.32 Å². The molecule has 5 heteroatoms. The van der Waals surface area contributed by atoms with Crippen LogP contribution in [0.2, 0.25) is 0 Å². The summed E-state index contributed by atoms with van der Waals surface area (Å²) < 4.78 is 0. The average Bonchev–Trinajstić information content (AvgIpc) is 2.66. The van der Waals surface area contributed by atoms with Crippen LogP contribution in [0.1, 0.15) is 40.4 Å². The molecule has 0 aromatic heterocycles. The molecule has 0 spiro atoms. The van der Waals surface area contributed by atoms with Crippen molar-refractivity contribution in [3.8, 4) is 6.07 Å². The number of anilines is 1. The first-order valence-electron chi connectivity index (χ1n) is 8.32. The van der Waals surface area contributed by atoms with Crippen molar-refractivity contribution in [1.29, 1.82) is 5.26 Å². The largest absolute Gasteiger partial charge is 0.338 e. The number of nitrogens with one attached hydrogen (secondary N) is 1. The van der Waals surface area contributed by atoms with Gasteiger partial charge in [-0.25, -0.2) is 0 Å². The average molecular weight is 333 g/mol. The van der Waals surface area contributed by atoms with E-state index in [1.807, 2.05) is 36.1 Å². The Hall–Kier alpha value is -3.13. The van der Waals surface area contributed by atoms with Crippen molar-refractivity contribution in [2.75, 3.05) is 11.9 Å². The number of nitriles is 1. The molecule has 1 heterocycles. The third kappa shape index (κ3) is 3.69. The standard InChI is InChI=1S/C20H19N3O2/c1-2-19(24)23-9-8-15-6-7-18(11-17(15)13-23)22-20(25)16-5-3-4-14(10-16)12-21/h3-7,10-11H,2,8-9,13H2,1H3,(H,22,25). The van der Waals surface area contributed by atoms with Crippen LogP contribution in [0, 0.1) is 11.3 Å². The van der Waals surface area contributed by atoms with E-state index in [2.05, 4.69) is 5.32 Å². The predicted molar refractivity (Wildman–Crippen MR) is 95.0 cm³/mol. The van der Waals surface area contributed by atoms with E-state index >= 15 is 0 Å². The molecular formula is C20H19N3O2. The second-order valence-electron chi connectivity index (χ2n) is 6.05. The Morgan fingerprint density at radius 3 is 2.80 bits per heavy atom. The first kappa shape index (κ1) is 16.7. The summed E-state index contributed by atoms with van der Waals surface area (Å²) in [5.41, 5.74) is 3.87. The maximum Gasteiger partial charge on any atom is 0.255 e. The third-order valence-electron chi connectivity index (χ3n) is 4.39. The van der Waals surface area contributed by atoms with E-state index < -0.39 is 0 Å². The summed E-state index contributed by atoms with van der Waals surface area (Å²) in [5.74, 6) is -0.109. The maximum absolute atomic E-state index is 12.4. The van der Waals surface area contributed by atoms with Crippen LogP contribution in [0.25, 0.3) is 0 Å². The first-order valence-corrected chi connectivity index (χ1v) is 8.32. The number of benzene rings is 2. The van der Waals surface area contributed by atoms with Crippen molar-refractivity contribution in [2.24, 2.45) is 0 Å². The van der Waals surface area contributed by atoms with Crippen molar-refractivity contribution in [2.45, 2.75) is 26.3 Å². The number of rotatable bonds is 3. The summed E-state index contributed by atoms with van der Waals surface area (Å²) in [7, 11) is 0. The van der Waals surface area contributed by atoms with Gasteiger partial charge in [0.15, 0.2) is 0 Å². The minimum atomic E-state index is -0.255. The van der Waals surface area contributed by atoms with Crippen molar-refractivity contribution in [3.05, 3.63) is 64.7 Å². The van der Waals surface area contributed by atoms with Gasteiger partial charge >= 0.3 is 0 Å². The zero-order valence-electron chi connectivity index (χ0n) is 14.1. The SMILES string of the molecule is CCC(=O)N1CCc2ccc(NC(=O)c3cccc(C#N)c3)cc2C1. The van der Waals surface area contributed by atoms with Gasteiger partial charge in [-0.15, -0.1) is 0 Å². The topological polar surface area (TPSA) is 73.2 Å². The molecule has 25 heavy (non-hydrogen) atoms. The Kier molecular flexibility index (Phi) is 4.80. The Morgan fingerprint density at radius 1 is 1.20 bits per heavy atom. The van der Waals surface area contributed by atoms with Crippen molar-refractivity contribution in [3.63, 3.8) is 0 Å². The summed E-state index contributed by atoms with van der Waals surface area (Å²) in [4.78, 5) is 26.2. The Labute approximate surface area is 146 Å². The van der Waals surface area contributed by atoms with Crippen LogP contribution >= 0.6 is 0 Å². The van der Waals surface area contributed by atoms with Gasteiger partial charge in [0, 0.05) is 30.8 Å². The Bertz CT molecular complexity index is 867. The van der Waals surface area contributed by atoms with Crippen molar-refractivity contribution in [1.82, 2.24) is 4.90 Å². The molecule has 1 aliphatic heterocycles. The highest BCUT2D eigenvalue weighted by Crippen LogP contribution is 2.23. The molecule has 3 rings (SSSR count). The second-order valence-corrected chi connectivity index (χ2v) is 6.05. The van der Waals surface area contributed by atoms with Gasteiger partial charge in [-0.1, -0.05) is 19.1 Å². The van der Waals surface area contributed by atoms with Gasteiger partial charge in [0.05, 0.1) is 11.6 Å². The fourth-order valence-electron chi connectivity index (χ4n) is 3.00. The predicted octanol–water partition coefficient (Wildman–Crippen LogP) is 3.11. The molecule has 0 saturated carbocycles. The Balaban J connectivity index is 1.77. The smallest absolute Gasteiger partial charge is 0.255 e. The molecular weight excluding hydrogens is 314 g/mol. The van der Waals surface area contributed by atoms with Crippen LogP contribution in [-0.2, 0) is 17.8 Å². The molecule has 126 valence electrons. The second kappa shape index (κ2) is 7.18. The van der Waals surface area contributed by atoms with E-state index in [1.165, 1.54) is 5.56 Å². The zero-order chi connectivity index (χ0) is 17.8. The van der Waals surface area contributed by atoms with E-state index in [0.717, 1.165) is 18.5 Å². The fraction of sp³-hybridized carbons (Fsp3) is 0.250. The maximum atomic E-state index is 12.4. The van der Waals surface area contributed by atoms with E-state index in [0.29, 0.717) is 29.8 Å². The first-order chi connectivity index (χ1) is 12.1. The van der Waals surface area contributed by atoms with Crippen LogP contribution in [0.3, 0.4) is 0 Å². The van der Waals surface area contributed by atoms with Crippen molar-refractivity contribution < 1.29 is 9.59 Å². The molecule has 2 aromatic carbocycles. The molecule has 1 aliphatic rings. The number of fused-ring (bicyclic) bond motifs is 1. The normalized spacial score (nSPS) is 12.9. The van der Waals surface area contributed by atoms with E-state index in [9.17, 15) is 9.59 Å². The lowest BCUT2D eigenvalue weighted by molar-refractivity contribution is -0.131. The summed E-state index contributed by atoms with van der Waals surface area (Å²) in [6.07, 6.45) is 1.33. The molecule has 0 aliphatic carbocycles. The molecule has 0 unspecified atom stereocenters. The molecule has 0 bridgehead atoms. The highest BCUT2D eigenvalue weighted by atomic mass is 16.2. The molecule has 0 fully saturated rings. The molecule has 1 N–H and O–H groups in total. The Morgan fingerprint density at radius 2 is 2.04 bits per heavy atom. The summed E-state index contributed by atoms with van der Waals surface area (Å²) in [6.45, 7) is 3.19. The molecule has 2 aromatic rings. The number of hydrogen-bond acceptors (Lipinski definition) is 3. The van der Waals surface area contributed by atoms with Gasteiger partial charge in [0.25, 0.3) is 5.91 Å². The molecule has 0 atom stereocenters. The number of hydrogen-bond donors (Lipinski definition) is 1. The lowest BCUT2D eigenvalue weighted by atomic mass is 9.98. The number of carbonyl (C=O) groups is 2. The van der Waals surface area contributed by atoms with Gasteiger partial charge in [-0.3, -0.25) is 9.59 Å². The van der Waals surface area contributed by atoms with Crippen LogP contribution in [-0.4, -0.2) is 23.3 Å². The minimum absolute atomic E-state index is 0.147. The molecule has 0 saturated heterocycles. The monoisotopic (exact) mass is 333 g/mol. The quantitative estimate of drug-likeness (QED) is 0.938. The zero-order valence-corrected chi connectivity index (χ0v) is 14.1. The minimum Gasteiger partial charge on any atom is -0.338 e. The van der Waals surface area contributed by atoms with Gasteiger partial charge in [0.2, 0.25) is 5.91 Å². The number of amides is 2. The lowest BCUT2D eigenvalue weighted by Crippen LogP contribution is -2.35. The molecule has 5 nitrogen and oxygen atoms in total. The summed E-state index contributed by atoms with van der Waals surface area (Å²) in [5, 5.41) is 11.8. The highest BCUT2D eigenvalue weighted by molar-refractivity contribution is 6.04. The van der Waals surface area contributed by atoms with E-state index in [1.54, 1.807) is 24.3 Å².